The van der Waals surface area contributed by atoms with E-state index < -0.39 is 0 Å². The molecule has 0 N–H and O–H groups in total. The summed E-state index contributed by atoms with van der Waals surface area (Å²) in [6, 6.07) is 31.5. The van der Waals surface area contributed by atoms with Crippen molar-refractivity contribution in [2.75, 3.05) is 0 Å². The smallest absolute Gasteiger partial charge is 0.153 e. The summed E-state index contributed by atoms with van der Waals surface area (Å²) >= 11 is 0. The van der Waals surface area contributed by atoms with Gasteiger partial charge in [0.15, 0.2) is 25.1 Å². The molecule has 0 aliphatic rings. The molecule has 0 atom stereocenters. The summed E-state index contributed by atoms with van der Waals surface area (Å²) in [6.07, 6.45) is 2.93. The summed E-state index contributed by atoms with van der Waals surface area (Å²) in [5.41, 5.74) is 4.60. The van der Waals surface area contributed by atoms with Gasteiger partial charge in [0.1, 0.15) is 49.4 Å². The second kappa shape index (κ2) is 15.6. The van der Waals surface area contributed by atoms with Gasteiger partial charge in [0.2, 0.25) is 0 Å². The van der Waals surface area contributed by atoms with Crippen molar-refractivity contribution < 1.29 is 38.1 Å². The molecule has 0 amide bonds. The fraction of sp³-hybridized carbons (Fsp3) is 0.105. The quantitative estimate of drug-likeness (QED) is 0.107. The normalized spacial score (nSPS) is 10.4. The third-order valence-electron chi connectivity index (χ3n) is 7.24. The van der Waals surface area contributed by atoms with E-state index in [0.717, 1.165) is 47.4 Å². The molecule has 5 rings (SSSR count). The molecular weight excluding hydrogens is 584 g/mol. The summed E-state index contributed by atoms with van der Waals surface area (Å²) < 4.78 is 24.4. The minimum atomic E-state index is 0.0892. The van der Waals surface area contributed by atoms with Crippen LogP contribution in [0.25, 0.3) is 0 Å². The predicted molar refractivity (Wildman–Crippen MR) is 171 cm³/mol. The highest BCUT2D eigenvalue weighted by Gasteiger charge is 2.16. The molecule has 8 heteroatoms. The highest BCUT2D eigenvalue weighted by molar-refractivity contribution is 5.80. The van der Waals surface area contributed by atoms with E-state index >= 15 is 0 Å². The Labute approximate surface area is 266 Å². The molecule has 0 unspecified atom stereocenters. The van der Waals surface area contributed by atoms with E-state index in [9.17, 15) is 19.2 Å². The third kappa shape index (κ3) is 7.73. The van der Waals surface area contributed by atoms with E-state index in [4.69, 9.17) is 18.9 Å². The first-order valence-electron chi connectivity index (χ1n) is 14.4. The van der Waals surface area contributed by atoms with Gasteiger partial charge in [-0.05, 0) is 82.9 Å². The first kappa shape index (κ1) is 31.4. The number of rotatable bonds is 16. The van der Waals surface area contributed by atoms with Crippen LogP contribution in [-0.2, 0) is 26.4 Å². The number of para-hydroxylation sites is 4. The van der Waals surface area contributed by atoms with Crippen molar-refractivity contribution in [2.24, 2.45) is 0 Å². The third-order valence-corrected chi connectivity index (χ3v) is 7.24. The minimum absolute atomic E-state index is 0.0892. The molecule has 0 aliphatic carbocycles. The lowest BCUT2D eigenvalue weighted by atomic mass is 9.99. The largest absolute Gasteiger partial charge is 0.488 e. The number of aldehydes is 4. The van der Waals surface area contributed by atoms with Crippen molar-refractivity contribution in [3.63, 3.8) is 0 Å². The van der Waals surface area contributed by atoms with Gasteiger partial charge in [0.25, 0.3) is 0 Å². The average molecular weight is 615 g/mol. The fourth-order valence-electron chi connectivity index (χ4n) is 4.79. The lowest BCUT2D eigenvalue weighted by Gasteiger charge is -2.19. The predicted octanol–water partition coefficient (Wildman–Crippen LogP) is 7.25. The molecule has 0 fully saturated rings. The molecule has 0 spiro atoms. The van der Waals surface area contributed by atoms with Crippen LogP contribution in [0.1, 0.15) is 63.7 Å². The molecule has 0 saturated heterocycles. The average Bonchev–Trinajstić information content (AvgIpc) is 3.12. The van der Waals surface area contributed by atoms with Gasteiger partial charge >= 0.3 is 0 Å². The molecule has 230 valence electrons. The number of benzene rings is 5. The Bertz CT molecular complexity index is 1580. The number of hydrogen-bond donors (Lipinski definition) is 0. The van der Waals surface area contributed by atoms with Crippen molar-refractivity contribution in [1.82, 2.24) is 0 Å². The van der Waals surface area contributed by atoms with Crippen LogP contribution >= 0.6 is 0 Å². The molecule has 5 aromatic carbocycles. The molecular formula is C38H30O8. The molecule has 8 nitrogen and oxygen atoms in total. The minimum Gasteiger partial charge on any atom is -0.488 e. The highest BCUT2D eigenvalue weighted by Crippen LogP contribution is 2.27. The first-order chi connectivity index (χ1) is 22.6. The Morgan fingerprint density at radius 2 is 0.565 bits per heavy atom. The van der Waals surface area contributed by atoms with Crippen LogP contribution in [0.2, 0.25) is 0 Å². The summed E-state index contributed by atoms with van der Waals surface area (Å²) in [5.74, 6) is 1.69. The second-order valence-electron chi connectivity index (χ2n) is 10.2. The molecule has 0 saturated carbocycles. The molecule has 46 heavy (non-hydrogen) atoms. The molecule has 0 aromatic heterocycles. The number of carbonyl (C=O) groups is 4. The number of ether oxygens (including phenoxy) is 4. The van der Waals surface area contributed by atoms with Crippen molar-refractivity contribution in [3.8, 4) is 23.0 Å². The molecule has 0 aliphatic heterocycles. The van der Waals surface area contributed by atoms with E-state index in [0.29, 0.717) is 45.3 Å². The van der Waals surface area contributed by atoms with Gasteiger partial charge in [-0.1, -0.05) is 48.5 Å². The summed E-state index contributed by atoms with van der Waals surface area (Å²) in [5, 5.41) is 0. The van der Waals surface area contributed by atoms with Crippen LogP contribution in [0.3, 0.4) is 0 Å². The van der Waals surface area contributed by atoms with E-state index in [-0.39, 0.29) is 26.4 Å². The van der Waals surface area contributed by atoms with E-state index in [1.165, 1.54) is 0 Å². The first-order valence-corrected chi connectivity index (χ1v) is 14.4. The van der Waals surface area contributed by atoms with Crippen molar-refractivity contribution in [3.05, 3.63) is 154 Å². The zero-order valence-electron chi connectivity index (χ0n) is 24.8. The second-order valence-corrected chi connectivity index (χ2v) is 10.2. The molecule has 0 radical (unpaired) electrons. The van der Waals surface area contributed by atoms with Gasteiger partial charge in [-0.25, -0.2) is 0 Å². The zero-order chi connectivity index (χ0) is 32.1. The summed E-state index contributed by atoms with van der Waals surface area (Å²) in [7, 11) is 0. The fourth-order valence-corrected chi connectivity index (χ4v) is 4.79. The SMILES string of the molecule is O=Cc1ccccc1OCc1cc(COc2ccccc2C=O)c(COc2ccccc2C=O)cc1COc1ccccc1C=O. The Kier molecular flexibility index (Phi) is 10.7. The maximum Gasteiger partial charge on any atom is 0.153 e. The van der Waals surface area contributed by atoms with Crippen LogP contribution in [0.15, 0.2) is 109 Å². The standard InChI is InChI=1S/C38H30O8/c39-19-27-9-1-5-13-35(27)43-23-31-17-33(25-45-37-15-7-3-11-29(37)21-41)34(26-46-38-16-8-4-12-30(38)22-42)18-32(31)24-44-36-14-6-2-10-28(36)20-40/h1-22H,23-26H2. The topological polar surface area (TPSA) is 105 Å². The van der Waals surface area contributed by atoms with Gasteiger partial charge in [0.05, 0.1) is 22.3 Å². The Morgan fingerprint density at radius 1 is 0.348 bits per heavy atom. The Hall–Kier alpha value is -6.02. The molecule has 0 bridgehead atoms. The van der Waals surface area contributed by atoms with Gasteiger partial charge < -0.3 is 18.9 Å². The highest BCUT2D eigenvalue weighted by atomic mass is 16.5. The van der Waals surface area contributed by atoms with Crippen LogP contribution < -0.4 is 18.9 Å². The van der Waals surface area contributed by atoms with Gasteiger partial charge in [-0.15, -0.1) is 0 Å². The van der Waals surface area contributed by atoms with Crippen molar-refractivity contribution >= 4 is 25.1 Å². The van der Waals surface area contributed by atoms with Crippen molar-refractivity contribution in [1.29, 1.82) is 0 Å². The Morgan fingerprint density at radius 3 is 0.783 bits per heavy atom. The van der Waals surface area contributed by atoms with Crippen LogP contribution in [0.4, 0.5) is 0 Å². The summed E-state index contributed by atoms with van der Waals surface area (Å²) in [6.45, 7) is 0.357. The van der Waals surface area contributed by atoms with Crippen LogP contribution in [0, 0.1) is 0 Å². The van der Waals surface area contributed by atoms with E-state index in [1.807, 2.05) is 12.1 Å². The maximum atomic E-state index is 11.6. The lowest BCUT2D eigenvalue weighted by molar-refractivity contribution is 0.111. The van der Waals surface area contributed by atoms with Crippen molar-refractivity contribution in [2.45, 2.75) is 26.4 Å². The maximum absolute atomic E-state index is 11.6. The monoisotopic (exact) mass is 614 g/mol. The molecule has 5 aromatic rings. The van der Waals surface area contributed by atoms with Crippen LogP contribution in [0.5, 0.6) is 23.0 Å². The van der Waals surface area contributed by atoms with Gasteiger partial charge in [-0.3, -0.25) is 19.2 Å². The van der Waals surface area contributed by atoms with Gasteiger partial charge in [-0.2, -0.15) is 0 Å². The number of carbonyl (C=O) groups excluding carboxylic acids is 4. The lowest BCUT2D eigenvalue weighted by Crippen LogP contribution is -2.11. The van der Waals surface area contributed by atoms with E-state index in [2.05, 4.69) is 0 Å². The number of hydrogen-bond acceptors (Lipinski definition) is 8. The van der Waals surface area contributed by atoms with Gasteiger partial charge in [0, 0.05) is 0 Å². The summed E-state index contributed by atoms with van der Waals surface area (Å²) in [4.78, 5) is 46.5. The molecule has 0 heterocycles. The van der Waals surface area contributed by atoms with Crippen LogP contribution in [-0.4, -0.2) is 25.1 Å². The Balaban J connectivity index is 1.52. The van der Waals surface area contributed by atoms with E-state index in [1.54, 1.807) is 97.1 Å². The zero-order valence-corrected chi connectivity index (χ0v) is 24.8.